The van der Waals surface area contributed by atoms with Gasteiger partial charge in [0.05, 0.1) is 24.9 Å². The minimum Gasteiger partial charge on any atom is -0.371 e. The molecular formula is C13H18N4O4. The molecule has 2 saturated heterocycles. The first-order valence-electron chi connectivity index (χ1n) is 7.04. The van der Waals surface area contributed by atoms with Gasteiger partial charge in [0.25, 0.3) is 0 Å². The van der Waals surface area contributed by atoms with Crippen LogP contribution in [0.15, 0.2) is 12.3 Å². The monoisotopic (exact) mass is 294 g/mol. The van der Waals surface area contributed by atoms with E-state index in [1.165, 1.54) is 6.20 Å². The lowest BCUT2D eigenvalue weighted by Crippen LogP contribution is -2.35. The fraction of sp³-hybridized carbons (Fsp3) is 0.615. The topological polar surface area (TPSA) is 98.6 Å². The molecule has 0 bridgehead atoms. The highest BCUT2D eigenvalue weighted by Gasteiger charge is 2.28. The summed E-state index contributed by atoms with van der Waals surface area (Å²) in [5.41, 5.74) is 1.36. The van der Waals surface area contributed by atoms with Crippen LogP contribution in [-0.2, 0) is 9.47 Å². The van der Waals surface area contributed by atoms with Crippen LogP contribution in [0.5, 0.6) is 0 Å². The molecule has 0 radical (unpaired) electrons. The zero-order chi connectivity index (χ0) is 14.7. The SMILES string of the molecule is O=[N+]([O-])c1ncc(C2CNCCO2)cc1C1CNCCO1. The van der Waals surface area contributed by atoms with Gasteiger partial charge in [0, 0.05) is 31.7 Å². The molecule has 0 aromatic carbocycles. The lowest BCUT2D eigenvalue weighted by molar-refractivity contribution is -0.391. The molecule has 0 amide bonds. The number of hydrogen-bond donors (Lipinski definition) is 2. The fourth-order valence-corrected chi connectivity index (χ4v) is 2.60. The van der Waals surface area contributed by atoms with Gasteiger partial charge in [-0.05, 0) is 16.0 Å². The quantitative estimate of drug-likeness (QED) is 0.611. The maximum Gasteiger partial charge on any atom is 0.369 e. The predicted octanol–water partition coefficient (Wildman–Crippen LogP) is 0.312. The van der Waals surface area contributed by atoms with Crippen molar-refractivity contribution in [1.82, 2.24) is 15.6 Å². The Kier molecular flexibility index (Phi) is 4.39. The summed E-state index contributed by atoms with van der Waals surface area (Å²) in [6.07, 6.45) is 1.06. The largest absolute Gasteiger partial charge is 0.371 e. The van der Waals surface area contributed by atoms with Gasteiger partial charge in [0.1, 0.15) is 12.3 Å². The Bertz CT molecular complexity index is 513. The molecule has 2 unspecified atom stereocenters. The number of ether oxygens (including phenoxy) is 2. The molecule has 114 valence electrons. The summed E-state index contributed by atoms with van der Waals surface area (Å²) in [7, 11) is 0. The van der Waals surface area contributed by atoms with Gasteiger partial charge in [-0.3, -0.25) is 0 Å². The minimum absolute atomic E-state index is 0.123. The second-order valence-electron chi connectivity index (χ2n) is 5.07. The fourth-order valence-electron chi connectivity index (χ4n) is 2.60. The van der Waals surface area contributed by atoms with E-state index in [-0.39, 0.29) is 18.0 Å². The average molecular weight is 294 g/mol. The summed E-state index contributed by atoms with van der Waals surface area (Å²) in [6.45, 7) is 3.97. The highest BCUT2D eigenvalue weighted by Crippen LogP contribution is 2.30. The molecule has 8 heteroatoms. The van der Waals surface area contributed by atoms with Crippen LogP contribution in [0.4, 0.5) is 5.82 Å². The molecule has 0 saturated carbocycles. The smallest absolute Gasteiger partial charge is 0.369 e. The van der Waals surface area contributed by atoms with Gasteiger partial charge in [-0.15, -0.1) is 0 Å². The summed E-state index contributed by atoms with van der Waals surface area (Å²) in [5, 5.41) is 17.6. The van der Waals surface area contributed by atoms with Crippen LogP contribution >= 0.6 is 0 Å². The van der Waals surface area contributed by atoms with Gasteiger partial charge in [-0.1, -0.05) is 0 Å². The Morgan fingerprint density at radius 2 is 1.86 bits per heavy atom. The van der Waals surface area contributed by atoms with Crippen LogP contribution in [0.1, 0.15) is 23.3 Å². The van der Waals surface area contributed by atoms with Gasteiger partial charge in [0.2, 0.25) is 0 Å². The van der Waals surface area contributed by atoms with Crippen molar-refractivity contribution in [2.75, 3.05) is 39.4 Å². The maximum absolute atomic E-state index is 11.2. The Labute approximate surface area is 122 Å². The summed E-state index contributed by atoms with van der Waals surface area (Å²) < 4.78 is 11.3. The summed E-state index contributed by atoms with van der Waals surface area (Å²) in [4.78, 5) is 14.7. The van der Waals surface area contributed by atoms with Crippen LogP contribution in [0.3, 0.4) is 0 Å². The van der Waals surface area contributed by atoms with Crippen molar-refractivity contribution < 1.29 is 14.4 Å². The lowest BCUT2D eigenvalue weighted by Gasteiger charge is -2.26. The molecule has 8 nitrogen and oxygen atoms in total. The van der Waals surface area contributed by atoms with Crippen molar-refractivity contribution in [2.45, 2.75) is 12.2 Å². The van der Waals surface area contributed by atoms with Gasteiger partial charge < -0.3 is 30.2 Å². The predicted molar refractivity (Wildman–Crippen MR) is 74.0 cm³/mol. The highest BCUT2D eigenvalue weighted by molar-refractivity contribution is 5.38. The zero-order valence-electron chi connectivity index (χ0n) is 11.6. The van der Waals surface area contributed by atoms with Crippen molar-refractivity contribution in [1.29, 1.82) is 0 Å². The molecule has 0 spiro atoms. The first-order valence-corrected chi connectivity index (χ1v) is 7.04. The van der Waals surface area contributed by atoms with Crippen molar-refractivity contribution in [2.24, 2.45) is 0 Å². The molecule has 21 heavy (non-hydrogen) atoms. The molecule has 1 aromatic heterocycles. The third kappa shape index (κ3) is 3.18. The normalized spacial score (nSPS) is 26.5. The lowest BCUT2D eigenvalue weighted by atomic mass is 10.0. The number of rotatable bonds is 3. The summed E-state index contributed by atoms with van der Waals surface area (Å²) in [6, 6.07) is 1.79. The highest BCUT2D eigenvalue weighted by atomic mass is 16.6. The Morgan fingerprint density at radius 1 is 1.19 bits per heavy atom. The van der Waals surface area contributed by atoms with Crippen LogP contribution in [0.25, 0.3) is 0 Å². The van der Waals surface area contributed by atoms with E-state index in [9.17, 15) is 10.1 Å². The van der Waals surface area contributed by atoms with Crippen LogP contribution in [-0.4, -0.2) is 49.3 Å². The Balaban J connectivity index is 1.91. The van der Waals surface area contributed by atoms with E-state index in [0.29, 0.717) is 31.9 Å². The van der Waals surface area contributed by atoms with E-state index in [1.54, 1.807) is 6.07 Å². The first-order chi connectivity index (χ1) is 10.3. The molecule has 2 aliphatic rings. The average Bonchev–Trinajstić information content (AvgIpc) is 2.56. The van der Waals surface area contributed by atoms with E-state index in [2.05, 4.69) is 15.6 Å². The van der Waals surface area contributed by atoms with E-state index < -0.39 is 4.92 Å². The van der Waals surface area contributed by atoms with Crippen LogP contribution in [0, 0.1) is 10.1 Å². The van der Waals surface area contributed by atoms with Crippen LogP contribution in [0.2, 0.25) is 0 Å². The van der Waals surface area contributed by atoms with Gasteiger partial charge >= 0.3 is 5.82 Å². The molecular weight excluding hydrogens is 276 g/mol. The summed E-state index contributed by atoms with van der Waals surface area (Å²) in [5.74, 6) is -0.142. The first kappa shape index (κ1) is 14.3. The third-order valence-corrected chi connectivity index (χ3v) is 3.66. The number of nitro groups is 1. The van der Waals surface area contributed by atoms with Crippen molar-refractivity contribution >= 4 is 5.82 Å². The molecule has 3 heterocycles. The molecule has 0 aliphatic carbocycles. The van der Waals surface area contributed by atoms with Crippen LogP contribution < -0.4 is 10.6 Å². The van der Waals surface area contributed by atoms with E-state index in [1.807, 2.05) is 0 Å². The van der Waals surface area contributed by atoms with Crippen molar-refractivity contribution in [3.8, 4) is 0 Å². The molecule has 1 aromatic rings. The Morgan fingerprint density at radius 3 is 2.43 bits per heavy atom. The summed E-state index contributed by atoms with van der Waals surface area (Å²) >= 11 is 0. The van der Waals surface area contributed by atoms with Crippen molar-refractivity contribution in [3.05, 3.63) is 33.5 Å². The molecule has 3 rings (SSSR count). The van der Waals surface area contributed by atoms with Gasteiger partial charge in [0.15, 0.2) is 0 Å². The molecule has 2 aliphatic heterocycles. The van der Waals surface area contributed by atoms with E-state index in [0.717, 1.165) is 18.7 Å². The molecule has 2 N–H and O–H groups in total. The zero-order valence-corrected chi connectivity index (χ0v) is 11.6. The standard InChI is InChI=1S/C13H18N4O4/c18-17(19)13-10(12-8-15-2-4-21-12)5-9(6-16-13)11-7-14-1-3-20-11/h5-6,11-12,14-15H,1-4,7-8H2. The second kappa shape index (κ2) is 6.44. The molecule has 2 atom stereocenters. The van der Waals surface area contributed by atoms with Crippen molar-refractivity contribution in [3.63, 3.8) is 0 Å². The number of aromatic nitrogens is 1. The Hall–Kier alpha value is -1.61. The minimum atomic E-state index is -0.461. The van der Waals surface area contributed by atoms with E-state index in [4.69, 9.17) is 9.47 Å². The number of hydrogen-bond acceptors (Lipinski definition) is 7. The second-order valence-corrected chi connectivity index (χ2v) is 5.07. The number of nitrogens with zero attached hydrogens (tertiary/aromatic N) is 2. The van der Waals surface area contributed by atoms with E-state index >= 15 is 0 Å². The molecule has 2 fully saturated rings. The maximum atomic E-state index is 11.2. The number of nitrogens with one attached hydrogen (secondary N) is 2. The van der Waals surface area contributed by atoms with Gasteiger partial charge in [-0.2, -0.15) is 0 Å². The number of pyridine rings is 1. The van der Waals surface area contributed by atoms with Gasteiger partial charge in [-0.25, -0.2) is 0 Å². The number of morpholine rings is 2. The third-order valence-electron chi connectivity index (χ3n) is 3.66.